The summed E-state index contributed by atoms with van der Waals surface area (Å²) in [6.07, 6.45) is 12.6. The molecule has 120 heavy (non-hydrogen) atoms. The number of ether oxygens (including phenoxy) is 1. The first-order chi connectivity index (χ1) is 58.4. The number of aromatic nitrogens is 4. The highest BCUT2D eigenvalue weighted by molar-refractivity contribution is 6.35. The molecule has 0 radical (unpaired) electrons. The van der Waals surface area contributed by atoms with Gasteiger partial charge in [0, 0.05) is 154 Å². The summed E-state index contributed by atoms with van der Waals surface area (Å²) in [4.78, 5) is 78.6. The lowest BCUT2D eigenvalue weighted by molar-refractivity contribution is 0.0680. The minimum atomic E-state index is -0.237. The molecule has 25 heteroatoms. The van der Waals surface area contributed by atoms with Crippen LogP contribution in [0.1, 0.15) is 95.8 Å². The number of piperidine rings is 1. The average molecular weight is 1670 g/mol. The van der Waals surface area contributed by atoms with Crippen LogP contribution in [0.4, 0.5) is 28.4 Å². The van der Waals surface area contributed by atoms with E-state index < -0.39 is 0 Å². The number of para-hydroxylation sites is 1. The number of amidine groups is 4. The second kappa shape index (κ2) is 41.5. The Kier molecular flexibility index (Phi) is 29.2. The van der Waals surface area contributed by atoms with Crippen molar-refractivity contribution in [3.63, 3.8) is 0 Å². The summed E-state index contributed by atoms with van der Waals surface area (Å²) in [5.41, 5.74) is 20.7. The Morgan fingerprint density at radius 3 is 0.858 bits per heavy atom. The highest BCUT2D eigenvalue weighted by Gasteiger charge is 2.22. The van der Waals surface area contributed by atoms with Crippen LogP contribution in [0.2, 0.25) is 20.1 Å². The van der Waals surface area contributed by atoms with Crippen LogP contribution in [0, 0.1) is 16.2 Å². The van der Waals surface area contributed by atoms with E-state index in [9.17, 15) is 19.2 Å². The Morgan fingerprint density at radius 1 is 0.317 bits per heavy atom. The Morgan fingerprint density at radius 2 is 0.575 bits per heavy atom. The lowest BCUT2D eigenvalue weighted by Crippen LogP contribution is -2.40. The molecule has 0 atom stereocenters. The Bertz CT molecular complexity index is 5600. The molecule has 3 fully saturated rings. The van der Waals surface area contributed by atoms with Gasteiger partial charge in [-0.1, -0.05) is 137 Å². The number of amides is 4. The van der Waals surface area contributed by atoms with Crippen molar-refractivity contribution in [3.05, 3.63) is 362 Å². The normalized spacial score (nSPS) is 13.0. The predicted octanol–water partition coefficient (Wildman–Crippen LogP) is 20.5. The van der Waals surface area contributed by atoms with E-state index in [0.29, 0.717) is 115 Å². The first-order valence-corrected chi connectivity index (χ1v) is 40.4. The van der Waals surface area contributed by atoms with Crippen molar-refractivity contribution in [2.24, 2.45) is 10.7 Å². The van der Waals surface area contributed by atoms with Gasteiger partial charge in [0.2, 0.25) is 0 Å². The fourth-order valence-corrected chi connectivity index (χ4v) is 14.2. The van der Waals surface area contributed by atoms with E-state index in [1.165, 1.54) is 6.42 Å². The van der Waals surface area contributed by atoms with Crippen molar-refractivity contribution in [3.8, 4) is 45.0 Å². The topological polar surface area (TPSA) is 297 Å². The third-order valence-electron chi connectivity index (χ3n) is 19.8. The van der Waals surface area contributed by atoms with Gasteiger partial charge < -0.3 is 46.4 Å². The number of nitrogens with zero attached hydrogens (tertiary/aromatic N) is 8. The molecule has 21 nitrogen and oxygen atoms in total. The summed E-state index contributed by atoms with van der Waals surface area (Å²) in [5.74, 6) is 0.998. The Hall–Kier alpha value is -13.5. The third-order valence-corrected chi connectivity index (χ3v) is 21.1. The van der Waals surface area contributed by atoms with Crippen LogP contribution in [0.3, 0.4) is 0 Å². The van der Waals surface area contributed by atoms with Crippen LogP contribution in [-0.4, -0.2) is 134 Å². The zero-order valence-corrected chi connectivity index (χ0v) is 68.2. The number of halogens is 4. The zero-order valence-electron chi connectivity index (χ0n) is 65.2. The van der Waals surface area contributed by atoms with Crippen molar-refractivity contribution < 1.29 is 23.9 Å². The molecule has 602 valence electrons. The van der Waals surface area contributed by atoms with E-state index in [-0.39, 0.29) is 23.6 Å². The van der Waals surface area contributed by atoms with Gasteiger partial charge in [-0.3, -0.25) is 55.3 Å². The van der Waals surface area contributed by atoms with Gasteiger partial charge in [0.05, 0.1) is 61.8 Å². The average Bonchev–Trinajstić information content (AvgIpc) is 1.03. The summed E-state index contributed by atoms with van der Waals surface area (Å²) in [5, 5.41) is 39.0. The molecule has 3 saturated heterocycles. The molecule has 3 aliphatic heterocycles. The number of carbonyl (C=O) groups is 4. The van der Waals surface area contributed by atoms with Gasteiger partial charge in [0.25, 0.3) is 23.6 Å². The van der Waals surface area contributed by atoms with Crippen LogP contribution >= 0.6 is 46.4 Å². The summed E-state index contributed by atoms with van der Waals surface area (Å²) in [6, 6.07) is 81.6. The molecule has 0 unspecified atom stereocenters. The molecule has 0 spiro atoms. The Balaban J connectivity index is 0.000000138. The smallest absolute Gasteiger partial charge is 0.255 e. The van der Waals surface area contributed by atoms with Gasteiger partial charge in [0.1, 0.15) is 23.3 Å². The van der Waals surface area contributed by atoms with Crippen molar-refractivity contribution in [2.75, 3.05) is 73.7 Å². The maximum absolute atomic E-state index is 12.7. The minimum absolute atomic E-state index is 0.208. The fraction of sp³-hybridized carbons (Fsp3) is 0.137. The van der Waals surface area contributed by atoms with Crippen molar-refractivity contribution in [2.45, 2.75) is 32.1 Å². The number of morpholine rings is 1. The number of rotatable bonds is 17. The van der Waals surface area contributed by atoms with E-state index in [4.69, 9.17) is 73.1 Å². The van der Waals surface area contributed by atoms with E-state index >= 15 is 0 Å². The molecule has 3 aliphatic rings. The van der Waals surface area contributed by atoms with E-state index in [1.807, 2.05) is 150 Å². The third kappa shape index (κ3) is 22.8. The number of likely N-dealkylation sites (tertiary alicyclic amines) is 2. The van der Waals surface area contributed by atoms with Gasteiger partial charge in [-0.05, 0) is 214 Å². The maximum Gasteiger partial charge on any atom is 0.255 e. The van der Waals surface area contributed by atoms with Crippen molar-refractivity contribution in [1.29, 1.82) is 16.2 Å². The summed E-state index contributed by atoms with van der Waals surface area (Å²) in [7, 11) is 0. The molecule has 4 aromatic heterocycles. The van der Waals surface area contributed by atoms with Crippen LogP contribution in [0.15, 0.2) is 303 Å². The first-order valence-electron chi connectivity index (χ1n) is 38.9. The zero-order chi connectivity index (χ0) is 83.7. The van der Waals surface area contributed by atoms with Crippen LogP contribution in [0.5, 0.6) is 0 Å². The van der Waals surface area contributed by atoms with Crippen molar-refractivity contribution >= 4 is 122 Å². The SMILES string of the molecule is N=C(c1ccc(C(=O)Nc2ccc(Cl)c(-c3ccccn3)c2)cc1)N1CCCC1.N=C(c1ccc(C(=O)Nc2ccc(Cl)c(-c3ccccn3)c2)cc1)N1CCCCC1.N=C(c1ccc(C(=O)Nc2ccc(Cl)c(-c3ccccn3)c2)cc1)N1CCOCC1.NC(=Nc1ccccc1)c1ccc(C(=O)Nc2ccc(Cl)c(-c3ccccn3)c2)cc1. The molecule has 13 aromatic rings. The van der Waals surface area contributed by atoms with Crippen molar-refractivity contribution in [1.82, 2.24) is 34.6 Å². The number of hydrogen-bond donors (Lipinski definition) is 8. The second-order valence-corrected chi connectivity index (χ2v) is 29.6. The highest BCUT2D eigenvalue weighted by atomic mass is 35.5. The molecule has 9 N–H and O–H groups in total. The number of benzene rings is 9. The standard InChI is InChI=1S/C25H19ClN4O.C24H23ClN4O.C23H21ClN4O2.C23H21ClN4O/c26-22-14-13-20(16-21(22)23-8-4-5-15-28-23)30-25(31)18-11-9-17(10-12-18)24(27)29-19-6-2-1-3-7-19;25-21-12-11-19(16-20(21)22-6-2-3-13-27-22)28-24(30)18-9-7-17(8-10-18)23(26)29-14-4-1-5-15-29;24-20-9-8-18(15-19(20)21-3-1-2-10-26-21)27-23(29)17-6-4-16(5-7-17)22(25)28-11-13-30-14-12-28;24-20-11-10-18(15-19(20)21-5-1-2-12-26-21)27-23(29)17-8-6-16(7-9-17)22(25)28-13-3-4-14-28/h1-16H,(H2,27,29)(H,30,31);2-3,6-13,16,26H,1,4-5,14-15H2,(H,28,30);1-10,15,25H,11-14H2,(H,27,29);1-2,5-12,15,25H,3-4,13-14H2,(H,27,29). The van der Waals surface area contributed by atoms with Gasteiger partial charge in [-0.15, -0.1) is 0 Å². The summed E-state index contributed by atoms with van der Waals surface area (Å²) < 4.78 is 5.33. The second-order valence-electron chi connectivity index (χ2n) is 28.0. The molecule has 16 rings (SSSR count). The monoisotopic (exact) mass is 1670 g/mol. The first kappa shape index (κ1) is 84.4. The number of nitrogens with one attached hydrogen (secondary N) is 7. The molecule has 7 heterocycles. The summed E-state index contributed by atoms with van der Waals surface area (Å²) in [6.45, 7) is 6.38. The lowest BCUT2D eigenvalue weighted by atomic mass is 10.1. The number of hydrogen-bond acceptors (Lipinski definition) is 13. The van der Waals surface area contributed by atoms with Crippen LogP contribution in [0.25, 0.3) is 45.0 Å². The molecule has 0 bridgehead atoms. The largest absolute Gasteiger partial charge is 0.383 e. The molecule has 0 aliphatic carbocycles. The predicted molar refractivity (Wildman–Crippen MR) is 482 cm³/mol. The number of aliphatic imine (C=N–C) groups is 1. The number of pyridine rings is 4. The number of nitrogens with two attached hydrogens (primary N) is 1. The molecule has 0 saturated carbocycles. The van der Waals surface area contributed by atoms with Gasteiger partial charge in [-0.2, -0.15) is 0 Å². The minimum Gasteiger partial charge on any atom is -0.383 e. The van der Waals surface area contributed by atoms with Crippen LogP contribution < -0.4 is 27.0 Å². The maximum atomic E-state index is 12.7. The van der Waals surface area contributed by atoms with Gasteiger partial charge >= 0.3 is 0 Å². The van der Waals surface area contributed by atoms with Crippen LogP contribution in [-0.2, 0) is 4.74 Å². The molecular weight excluding hydrogens is 1590 g/mol. The Labute approximate surface area is 715 Å². The number of carbonyl (C=O) groups excluding carboxylic acids is 4. The molecule has 4 amide bonds. The van der Waals surface area contributed by atoms with E-state index in [0.717, 1.165) is 125 Å². The fourth-order valence-electron chi connectivity index (χ4n) is 13.3. The quantitative estimate of drug-likeness (QED) is 0.0311. The molecule has 9 aromatic carbocycles. The van der Waals surface area contributed by atoms with E-state index in [1.54, 1.807) is 152 Å². The molecular formula is C95H84Cl4N16O5. The highest BCUT2D eigenvalue weighted by Crippen LogP contribution is 2.34. The number of anilines is 4. The lowest BCUT2D eigenvalue weighted by Gasteiger charge is -2.29. The van der Waals surface area contributed by atoms with Gasteiger partial charge in [-0.25, -0.2) is 4.99 Å². The van der Waals surface area contributed by atoms with E-state index in [2.05, 4.69) is 56.0 Å². The summed E-state index contributed by atoms with van der Waals surface area (Å²) >= 11 is 25.3. The van der Waals surface area contributed by atoms with Gasteiger partial charge in [0.15, 0.2) is 0 Å².